The summed E-state index contributed by atoms with van der Waals surface area (Å²) in [5, 5.41) is -0.655. The molecule has 3 unspecified atom stereocenters. The fourth-order valence-corrected chi connectivity index (χ4v) is 8.56. The first kappa shape index (κ1) is 28.9. The molecule has 0 spiro atoms. The fraction of sp³-hybridized carbons (Fsp3) is 0.581. The number of anilines is 1. The van der Waals surface area contributed by atoms with Gasteiger partial charge in [-0.15, -0.1) is 0 Å². The van der Waals surface area contributed by atoms with E-state index < -0.39 is 32.6 Å². The zero-order chi connectivity index (χ0) is 29.0. The van der Waals surface area contributed by atoms with Gasteiger partial charge in [-0.05, 0) is 87.3 Å². The number of hydrogen-bond donors (Lipinski definition) is 1. The Labute approximate surface area is 237 Å². The molecule has 1 saturated carbocycles. The van der Waals surface area contributed by atoms with Crippen LogP contribution in [0.1, 0.15) is 71.2 Å². The summed E-state index contributed by atoms with van der Waals surface area (Å²) in [6.07, 6.45) is 1.98. The van der Waals surface area contributed by atoms with Crippen LogP contribution in [0.5, 0.6) is 5.75 Å². The Morgan fingerprint density at radius 2 is 1.88 bits per heavy atom. The maximum atomic E-state index is 14.6. The van der Waals surface area contributed by atoms with Crippen LogP contribution < -0.4 is 14.4 Å². The van der Waals surface area contributed by atoms with E-state index in [-0.39, 0.29) is 17.0 Å². The molecule has 3 aliphatic rings. The van der Waals surface area contributed by atoms with Crippen molar-refractivity contribution in [2.75, 3.05) is 24.7 Å². The number of benzene rings is 2. The molecular formula is C31H41FN2O5S. The average molecular weight is 573 g/mol. The molecule has 7 nitrogen and oxygen atoms in total. The molecule has 2 heterocycles. The van der Waals surface area contributed by atoms with Crippen LogP contribution in [-0.2, 0) is 14.8 Å². The number of rotatable bonds is 8. The minimum atomic E-state index is -3.91. The van der Waals surface area contributed by atoms with Gasteiger partial charge in [0.25, 0.3) is 5.91 Å². The van der Waals surface area contributed by atoms with Crippen molar-refractivity contribution in [3.63, 3.8) is 0 Å². The summed E-state index contributed by atoms with van der Waals surface area (Å²) in [6, 6.07) is 9.87. The third-order valence-corrected chi connectivity index (χ3v) is 10.3. The maximum absolute atomic E-state index is 14.6. The number of sulfonamides is 1. The molecule has 0 radical (unpaired) electrons. The first-order valence-corrected chi connectivity index (χ1v) is 15.8. The standard InChI is InChI=1S/C31H41FN2O5S/c1-19(2)17-38-25-10-22(9-24(32)12-25)21-7-8-26(27(11-21)34-16-20(3)13-30(34,4)5)29(35)33-40(36,37)28-15-31(6)14-23(28)18-39-31/h7-12,19-20,23,28H,13-18H2,1-6H3,(H,33,35)/t20-,23?,28?,31?/m1/s1. The molecule has 1 N–H and O–H groups in total. The van der Waals surface area contributed by atoms with E-state index in [1.54, 1.807) is 18.2 Å². The van der Waals surface area contributed by atoms with Crippen LogP contribution in [-0.4, -0.2) is 50.5 Å². The molecule has 5 rings (SSSR count). The molecule has 1 aliphatic carbocycles. The van der Waals surface area contributed by atoms with Crippen molar-refractivity contribution in [3.05, 3.63) is 47.8 Å². The van der Waals surface area contributed by atoms with Crippen LogP contribution in [0.4, 0.5) is 10.1 Å². The van der Waals surface area contributed by atoms with E-state index in [0.29, 0.717) is 54.9 Å². The number of fused-ring (bicyclic) bond motifs is 2. The van der Waals surface area contributed by atoms with Crippen LogP contribution in [0.3, 0.4) is 0 Å². The highest BCUT2D eigenvalue weighted by molar-refractivity contribution is 7.90. The normalized spacial score (nSPS) is 27.4. The highest BCUT2D eigenvalue weighted by atomic mass is 32.2. The molecule has 40 heavy (non-hydrogen) atoms. The lowest BCUT2D eigenvalue weighted by atomic mass is 9.96. The van der Waals surface area contributed by atoms with Crippen molar-refractivity contribution in [2.45, 2.75) is 77.2 Å². The number of nitrogens with zero attached hydrogens (tertiary/aromatic N) is 1. The van der Waals surface area contributed by atoms with Crippen molar-refractivity contribution < 1.29 is 27.1 Å². The maximum Gasteiger partial charge on any atom is 0.266 e. The number of halogens is 1. The van der Waals surface area contributed by atoms with Gasteiger partial charge in [-0.1, -0.05) is 26.8 Å². The van der Waals surface area contributed by atoms with Crippen molar-refractivity contribution in [1.82, 2.24) is 4.72 Å². The molecule has 9 heteroatoms. The summed E-state index contributed by atoms with van der Waals surface area (Å²) in [5.74, 6) is -0.0531. The van der Waals surface area contributed by atoms with Gasteiger partial charge in [-0.2, -0.15) is 0 Å². The van der Waals surface area contributed by atoms with Crippen molar-refractivity contribution in [2.24, 2.45) is 17.8 Å². The minimum Gasteiger partial charge on any atom is -0.493 e. The Balaban J connectivity index is 1.50. The van der Waals surface area contributed by atoms with Gasteiger partial charge < -0.3 is 14.4 Å². The number of hydrogen-bond acceptors (Lipinski definition) is 6. The van der Waals surface area contributed by atoms with Gasteiger partial charge in [0.2, 0.25) is 10.0 Å². The van der Waals surface area contributed by atoms with Gasteiger partial charge in [-0.3, -0.25) is 4.79 Å². The Morgan fingerprint density at radius 1 is 1.12 bits per heavy atom. The van der Waals surface area contributed by atoms with E-state index in [4.69, 9.17) is 9.47 Å². The van der Waals surface area contributed by atoms with Gasteiger partial charge in [0, 0.05) is 24.1 Å². The summed E-state index contributed by atoms with van der Waals surface area (Å²) < 4.78 is 55.3. The highest BCUT2D eigenvalue weighted by Gasteiger charge is 2.54. The predicted octanol–water partition coefficient (Wildman–Crippen LogP) is 5.78. The van der Waals surface area contributed by atoms with E-state index in [1.165, 1.54) is 12.1 Å². The predicted molar refractivity (Wildman–Crippen MR) is 155 cm³/mol. The number of carbonyl (C=O) groups excluding carboxylic acids is 1. The topological polar surface area (TPSA) is 84.9 Å². The monoisotopic (exact) mass is 572 g/mol. The van der Waals surface area contributed by atoms with Gasteiger partial charge in [0.1, 0.15) is 11.6 Å². The van der Waals surface area contributed by atoms with E-state index in [0.717, 1.165) is 18.5 Å². The van der Waals surface area contributed by atoms with Crippen LogP contribution in [0.25, 0.3) is 11.1 Å². The van der Waals surface area contributed by atoms with E-state index >= 15 is 0 Å². The molecule has 2 saturated heterocycles. The first-order chi connectivity index (χ1) is 18.7. The van der Waals surface area contributed by atoms with Gasteiger partial charge in [-0.25, -0.2) is 17.5 Å². The molecule has 4 atom stereocenters. The molecule has 218 valence electrons. The summed E-state index contributed by atoms with van der Waals surface area (Å²) in [6.45, 7) is 14.0. The largest absolute Gasteiger partial charge is 0.493 e. The molecule has 2 aromatic carbocycles. The number of amides is 1. The third kappa shape index (κ3) is 5.73. The molecular weight excluding hydrogens is 531 g/mol. The molecule has 2 aliphatic heterocycles. The second kappa shape index (κ2) is 10.3. The lowest BCUT2D eigenvalue weighted by Gasteiger charge is -2.35. The van der Waals surface area contributed by atoms with Crippen molar-refractivity contribution in [3.8, 4) is 16.9 Å². The zero-order valence-electron chi connectivity index (χ0n) is 24.3. The Kier molecular flexibility index (Phi) is 7.45. The van der Waals surface area contributed by atoms with E-state index in [1.807, 2.05) is 26.8 Å². The van der Waals surface area contributed by atoms with Crippen LogP contribution >= 0.6 is 0 Å². The summed E-state index contributed by atoms with van der Waals surface area (Å²) in [4.78, 5) is 15.8. The Morgan fingerprint density at radius 3 is 2.48 bits per heavy atom. The zero-order valence-corrected chi connectivity index (χ0v) is 25.1. The number of ether oxygens (including phenoxy) is 2. The number of nitrogens with one attached hydrogen (secondary N) is 1. The summed E-state index contributed by atoms with van der Waals surface area (Å²) in [7, 11) is -3.91. The molecule has 2 bridgehead atoms. The minimum absolute atomic E-state index is 0.115. The lowest BCUT2D eigenvalue weighted by molar-refractivity contribution is -0.00105. The first-order valence-electron chi connectivity index (χ1n) is 14.2. The SMILES string of the molecule is CC(C)COc1cc(F)cc(-c2ccc(C(=O)NS(=O)(=O)C3CC4(C)CC3CO4)c(N3C[C@H](C)CC3(C)C)c2)c1. The Bertz CT molecular complexity index is 1410. The summed E-state index contributed by atoms with van der Waals surface area (Å²) >= 11 is 0. The van der Waals surface area contributed by atoms with Crippen LogP contribution in [0, 0.1) is 23.6 Å². The second-order valence-electron chi connectivity index (χ2n) is 13.3. The molecule has 2 aromatic rings. The van der Waals surface area contributed by atoms with Crippen LogP contribution in [0.15, 0.2) is 36.4 Å². The molecule has 1 amide bonds. The highest BCUT2D eigenvalue weighted by Crippen LogP contribution is 2.47. The molecule has 3 fully saturated rings. The summed E-state index contributed by atoms with van der Waals surface area (Å²) in [5.41, 5.74) is 1.56. The van der Waals surface area contributed by atoms with Crippen molar-refractivity contribution >= 4 is 21.6 Å². The molecule has 0 aromatic heterocycles. The van der Waals surface area contributed by atoms with Crippen molar-refractivity contribution in [1.29, 1.82) is 0 Å². The second-order valence-corrected chi connectivity index (χ2v) is 15.2. The smallest absolute Gasteiger partial charge is 0.266 e. The quantitative estimate of drug-likeness (QED) is 0.432. The fourth-order valence-electron chi connectivity index (χ4n) is 6.79. The average Bonchev–Trinajstić information content (AvgIpc) is 3.50. The third-order valence-electron chi connectivity index (χ3n) is 8.53. The van der Waals surface area contributed by atoms with Crippen LogP contribution in [0.2, 0.25) is 0 Å². The van der Waals surface area contributed by atoms with Gasteiger partial charge in [0.15, 0.2) is 0 Å². The van der Waals surface area contributed by atoms with E-state index in [2.05, 4.69) is 30.4 Å². The lowest BCUT2D eigenvalue weighted by Crippen LogP contribution is -2.44. The van der Waals surface area contributed by atoms with Gasteiger partial charge in [0.05, 0.1) is 35.3 Å². The number of carbonyl (C=O) groups is 1. The van der Waals surface area contributed by atoms with Gasteiger partial charge >= 0.3 is 0 Å². The van der Waals surface area contributed by atoms with E-state index in [9.17, 15) is 17.6 Å². The Hall–Kier alpha value is -2.65.